The first-order chi connectivity index (χ1) is 8.35. The third kappa shape index (κ3) is 4.71. The van der Waals surface area contributed by atoms with Crippen LogP contribution in [0.5, 0.6) is 0 Å². The van der Waals surface area contributed by atoms with Crippen LogP contribution in [0.25, 0.3) is 0 Å². The van der Waals surface area contributed by atoms with E-state index in [1.807, 2.05) is 32.4 Å². The molecule has 18 heavy (non-hydrogen) atoms. The molecule has 0 aliphatic rings. The van der Waals surface area contributed by atoms with Crippen LogP contribution in [-0.2, 0) is 22.6 Å². The average Bonchev–Trinajstić information content (AvgIpc) is 2.54. The molecule has 0 aromatic carbocycles. The SMILES string of the molecule is CCn1nc(C)c(Br)c1COCCOC(C)(C)C. The molecule has 0 unspecified atom stereocenters. The van der Waals surface area contributed by atoms with E-state index in [1.54, 1.807) is 0 Å². The Hall–Kier alpha value is -0.390. The van der Waals surface area contributed by atoms with Gasteiger partial charge in [0.25, 0.3) is 0 Å². The van der Waals surface area contributed by atoms with Gasteiger partial charge in [-0.25, -0.2) is 0 Å². The molecule has 5 heteroatoms. The van der Waals surface area contributed by atoms with Crippen LogP contribution in [0.4, 0.5) is 0 Å². The zero-order chi connectivity index (χ0) is 13.8. The minimum atomic E-state index is -0.105. The number of hydrogen-bond acceptors (Lipinski definition) is 3. The smallest absolute Gasteiger partial charge is 0.0897 e. The van der Waals surface area contributed by atoms with Crippen molar-refractivity contribution in [2.24, 2.45) is 0 Å². The van der Waals surface area contributed by atoms with Crippen molar-refractivity contribution in [2.45, 2.75) is 53.4 Å². The monoisotopic (exact) mass is 318 g/mol. The number of aryl methyl sites for hydroxylation is 2. The van der Waals surface area contributed by atoms with Gasteiger partial charge in [-0.15, -0.1) is 0 Å². The van der Waals surface area contributed by atoms with Gasteiger partial charge in [-0.3, -0.25) is 4.68 Å². The molecule has 0 N–H and O–H groups in total. The number of hydrogen-bond donors (Lipinski definition) is 0. The number of halogens is 1. The average molecular weight is 319 g/mol. The van der Waals surface area contributed by atoms with Gasteiger partial charge >= 0.3 is 0 Å². The van der Waals surface area contributed by atoms with Crippen LogP contribution in [0.2, 0.25) is 0 Å². The van der Waals surface area contributed by atoms with Crippen molar-refractivity contribution in [2.75, 3.05) is 13.2 Å². The fourth-order valence-corrected chi connectivity index (χ4v) is 1.98. The molecule has 0 aliphatic carbocycles. The first-order valence-corrected chi connectivity index (χ1v) is 7.08. The van der Waals surface area contributed by atoms with Crippen molar-refractivity contribution in [3.8, 4) is 0 Å². The summed E-state index contributed by atoms with van der Waals surface area (Å²) in [5, 5.41) is 4.43. The quantitative estimate of drug-likeness (QED) is 0.755. The standard InChI is InChI=1S/C13H23BrN2O2/c1-6-16-11(12(14)10(2)15-16)9-17-7-8-18-13(3,4)5/h6-9H2,1-5H3. The highest BCUT2D eigenvalue weighted by Crippen LogP contribution is 2.21. The highest BCUT2D eigenvalue weighted by molar-refractivity contribution is 9.10. The highest BCUT2D eigenvalue weighted by Gasteiger charge is 2.12. The molecule has 1 heterocycles. The van der Waals surface area contributed by atoms with Gasteiger partial charge in [-0.1, -0.05) is 0 Å². The maximum atomic E-state index is 5.64. The zero-order valence-corrected chi connectivity index (χ0v) is 13.5. The Balaban J connectivity index is 2.40. The summed E-state index contributed by atoms with van der Waals surface area (Å²) in [6, 6.07) is 0. The summed E-state index contributed by atoms with van der Waals surface area (Å²) in [5.74, 6) is 0. The second-order valence-corrected chi connectivity index (χ2v) is 5.97. The molecule has 0 bridgehead atoms. The van der Waals surface area contributed by atoms with E-state index >= 15 is 0 Å². The van der Waals surface area contributed by atoms with Crippen LogP contribution < -0.4 is 0 Å². The second kappa shape index (κ2) is 6.68. The molecule has 1 aromatic rings. The summed E-state index contributed by atoms with van der Waals surface area (Å²) >= 11 is 3.55. The van der Waals surface area contributed by atoms with Crippen LogP contribution in [-0.4, -0.2) is 28.6 Å². The summed E-state index contributed by atoms with van der Waals surface area (Å²) in [5.41, 5.74) is 1.98. The Kier molecular flexibility index (Phi) is 5.82. The van der Waals surface area contributed by atoms with Crippen molar-refractivity contribution in [1.82, 2.24) is 9.78 Å². The first kappa shape index (κ1) is 15.7. The molecule has 1 aromatic heterocycles. The lowest BCUT2D eigenvalue weighted by molar-refractivity contribution is -0.0384. The van der Waals surface area contributed by atoms with Crippen molar-refractivity contribution in [1.29, 1.82) is 0 Å². The molecule has 0 amide bonds. The van der Waals surface area contributed by atoms with Gasteiger partial charge in [-0.05, 0) is 50.5 Å². The Labute approximate surface area is 118 Å². The van der Waals surface area contributed by atoms with E-state index < -0.39 is 0 Å². The van der Waals surface area contributed by atoms with Crippen molar-refractivity contribution in [3.05, 3.63) is 15.9 Å². The maximum absolute atomic E-state index is 5.64. The van der Waals surface area contributed by atoms with Gasteiger partial charge in [0.1, 0.15) is 0 Å². The molecule has 104 valence electrons. The topological polar surface area (TPSA) is 36.3 Å². The summed E-state index contributed by atoms with van der Waals surface area (Å²) in [4.78, 5) is 0. The molecule has 0 saturated carbocycles. The first-order valence-electron chi connectivity index (χ1n) is 6.28. The van der Waals surface area contributed by atoms with Crippen LogP contribution in [0.15, 0.2) is 4.47 Å². The Morgan fingerprint density at radius 1 is 1.28 bits per heavy atom. The Morgan fingerprint density at radius 2 is 1.94 bits per heavy atom. The van der Waals surface area contributed by atoms with E-state index in [4.69, 9.17) is 9.47 Å². The minimum Gasteiger partial charge on any atom is -0.373 e. The van der Waals surface area contributed by atoms with Gasteiger partial charge in [0.15, 0.2) is 0 Å². The maximum Gasteiger partial charge on any atom is 0.0897 e. The van der Waals surface area contributed by atoms with E-state index in [0.717, 1.165) is 22.4 Å². The summed E-state index contributed by atoms with van der Waals surface area (Å²) in [6.45, 7) is 12.8. The molecule has 1 rings (SSSR count). The molecule has 0 radical (unpaired) electrons. The van der Waals surface area contributed by atoms with E-state index in [2.05, 4.69) is 28.0 Å². The van der Waals surface area contributed by atoms with E-state index in [-0.39, 0.29) is 5.60 Å². The number of aromatic nitrogens is 2. The predicted molar refractivity (Wildman–Crippen MR) is 75.7 cm³/mol. The molecule has 0 spiro atoms. The van der Waals surface area contributed by atoms with Crippen molar-refractivity contribution >= 4 is 15.9 Å². The van der Waals surface area contributed by atoms with Gasteiger partial charge in [0, 0.05) is 6.54 Å². The lowest BCUT2D eigenvalue weighted by Crippen LogP contribution is -2.21. The fourth-order valence-electron chi connectivity index (χ4n) is 1.58. The lowest BCUT2D eigenvalue weighted by Gasteiger charge is -2.19. The number of nitrogens with zero attached hydrogens (tertiary/aromatic N) is 2. The van der Waals surface area contributed by atoms with Gasteiger partial charge < -0.3 is 9.47 Å². The fraction of sp³-hybridized carbons (Fsp3) is 0.769. The van der Waals surface area contributed by atoms with Crippen molar-refractivity contribution < 1.29 is 9.47 Å². The third-order valence-corrected chi connectivity index (χ3v) is 3.49. The van der Waals surface area contributed by atoms with Crippen LogP contribution in [0.1, 0.15) is 39.1 Å². The Morgan fingerprint density at radius 3 is 2.50 bits per heavy atom. The molecule has 4 nitrogen and oxygen atoms in total. The lowest BCUT2D eigenvalue weighted by atomic mass is 10.2. The van der Waals surface area contributed by atoms with Crippen LogP contribution in [0, 0.1) is 6.92 Å². The minimum absolute atomic E-state index is 0.105. The van der Waals surface area contributed by atoms with Crippen molar-refractivity contribution in [3.63, 3.8) is 0 Å². The van der Waals surface area contributed by atoms with Gasteiger partial charge in [0.2, 0.25) is 0 Å². The van der Waals surface area contributed by atoms with Crippen LogP contribution >= 0.6 is 15.9 Å². The normalized spacial score (nSPS) is 12.1. The second-order valence-electron chi connectivity index (χ2n) is 5.18. The third-order valence-electron chi connectivity index (χ3n) is 2.45. The van der Waals surface area contributed by atoms with E-state index in [9.17, 15) is 0 Å². The number of rotatable bonds is 6. The summed E-state index contributed by atoms with van der Waals surface area (Å²) in [6.07, 6.45) is 0. The van der Waals surface area contributed by atoms with E-state index in [1.165, 1.54) is 0 Å². The van der Waals surface area contributed by atoms with Gasteiger partial charge in [0.05, 0.1) is 41.3 Å². The summed E-state index contributed by atoms with van der Waals surface area (Å²) < 4.78 is 14.2. The zero-order valence-electron chi connectivity index (χ0n) is 11.9. The van der Waals surface area contributed by atoms with Crippen LogP contribution in [0.3, 0.4) is 0 Å². The molecular formula is C13H23BrN2O2. The molecule has 0 fully saturated rings. The Bertz CT molecular complexity index is 383. The summed E-state index contributed by atoms with van der Waals surface area (Å²) in [7, 11) is 0. The highest BCUT2D eigenvalue weighted by atomic mass is 79.9. The molecule has 0 atom stereocenters. The van der Waals surface area contributed by atoms with E-state index in [0.29, 0.717) is 19.8 Å². The molecule has 0 saturated heterocycles. The molecule has 0 aliphatic heterocycles. The molecular weight excluding hydrogens is 296 g/mol. The largest absolute Gasteiger partial charge is 0.373 e. The predicted octanol–water partition coefficient (Wildman–Crippen LogP) is 3.31. The van der Waals surface area contributed by atoms with Gasteiger partial charge in [-0.2, -0.15) is 5.10 Å². The number of ether oxygens (including phenoxy) is 2.